The predicted molar refractivity (Wildman–Crippen MR) is 152 cm³/mol. The van der Waals surface area contributed by atoms with Crippen LogP contribution in [-0.2, 0) is 32.3 Å². The van der Waals surface area contributed by atoms with Crippen LogP contribution in [0.3, 0.4) is 0 Å². The summed E-state index contributed by atoms with van der Waals surface area (Å²) in [6, 6.07) is 11.5. The molecule has 3 heterocycles. The lowest BCUT2D eigenvalue weighted by atomic mass is 9.76. The fraction of sp³-hybridized carbons (Fsp3) is 0.424. The minimum absolute atomic E-state index is 0.0961. The molecule has 1 N–H and O–H groups in total. The first-order chi connectivity index (χ1) is 20.2. The minimum Gasteiger partial charge on any atom is -0.368 e. The summed E-state index contributed by atoms with van der Waals surface area (Å²) in [7, 11) is 0. The maximum Gasteiger partial charge on any atom is 0.251 e. The van der Waals surface area contributed by atoms with Gasteiger partial charge in [-0.2, -0.15) is 0 Å². The van der Waals surface area contributed by atoms with Crippen LogP contribution in [0.1, 0.15) is 55.2 Å². The number of fused-ring (bicyclic) bond motifs is 1. The number of amides is 3. The Bertz CT molecular complexity index is 1460. The molecule has 3 amide bonds. The molecule has 1 aliphatic carbocycles. The number of carbonyl (C=O) groups excluding carboxylic acids is 3. The van der Waals surface area contributed by atoms with Crippen LogP contribution in [0.4, 0.5) is 8.78 Å². The summed E-state index contributed by atoms with van der Waals surface area (Å²) in [4.78, 5) is 41.4. The van der Waals surface area contributed by atoms with Gasteiger partial charge in [0.1, 0.15) is 17.7 Å². The highest BCUT2D eigenvalue weighted by atomic mass is 19.1. The normalized spacial score (nSPS) is 26.8. The molecule has 6 rings (SSSR count). The average Bonchev–Trinajstić information content (AvgIpc) is 3.23. The summed E-state index contributed by atoms with van der Waals surface area (Å²) in [5, 5.41) is 2.36. The smallest absolute Gasteiger partial charge is 0.251 e. The molecule has 2 aromatic carbocycles. The Hall–Kier alpha value is -3.69. The van der Waals surface area contributed by atoms with E-state index in [4.69, 9.17) is 4.74 Å². The summed E-state index contributed by atoms with van der Waals surface area (Å²) in [5.74, 6) is -1.82. The number of allylic oxidation sites excluding steroid dienone is 2. The standard InChI is InChI=1S/C33H35F2N3O4/c1-33-20-38(28-10-11-30(39)36-31(28)40)32(41)26(33)6-3-7-29(33)42-19-22-5-2-4-21(16-22)18-37-14-12-23(13-15-37)25-9-8-24(34)17-27(25)35/h2-9,16-17,23,28-29H,10-15,18-20H2,1H3,(H,36,39,40). The van der Waals surface area contributed by atoms with E-state index in [1.165, 1.54) is 6.07 Å². The number of piperidine rings is 2. The molecule has 9 heteroatoms. The molecule has 0 bridgehead atoms. The molecule has 42 heavy (non-hydrogen) atoms. The molecule has 7 nitrogen and oxygen atoms in total. The van der Waals surface area contributed by atoms with Gasteiger partial charge in [0.25, 0.3) is 5.91 Å². The Morgan fingerprint density at radius 1 is 1.02 bits per heavy atom. The van der Waals surface area contributed by atoms with Crippen molar-refractivity contribution in [3.8, 4) is 0 Å². The van der Waals surface area contributed by atoms with Crippen LogP contribution >= 0.6 is 0 Å². The maximum atomic E-state index is 14.3. The molecule has 3 unspecified atom stereocenters. The largest absolute Gasteiger partial charge is 0.368 e. The Morgan fingerprint density at radius 3 is 2.57 bits per heavy atom. The third kappa shape index (κ3) is 5.55. The van der Waals surface area contributed by atoms with E-state index in [0.717, 1.165) is 49.7 Å². The van der Waals surface area contributed by atoms with E-state index in [1.807, 2.05) is 37.3 Å². The molecule has 3 fully saturated rings. The summed E-state index contributed by atoms with van der Waals surface area (Å²) in [5.41, 5.74) is 2.79. The van der Waals surface area contributed by atoms with Crippen molar-refractivity contribution in [3.05, 3.63) is 94.6 Å². The van der Waals surface area contributed by atoms with Crippen molar-refractivity contribution < 1.29 is 27.9 Å². The zero-order chi connectivity index (χ0) is 29.4. The number of likely N-dealkylation sites (tertiary alicyclic amines) is 2. The first-order valence-corrected chi connectivity index (χ1v) is 14.6. The lowest BCUT2D eigenvalue weighted by Gasteiger charge is -2.35. The van der Waals surface area contributed by atoms with Crippen LogP contribution in [0.15, 0.2) is 66.3 Å². The second-order valence-electron chi connectivity index (χ2n) is 12.1. The van der Waals surface area contributed by atoms with Crippen molar-refractivity contribution in [2.45, 2.75) is 63.8 Å². The fourth-order valence-corrected chi connectivity index (χ4v) is 6.85. The van der Waals surface area contributed by atoms with Gasteiger partial charge < -0.3 is 9.64 Å². The van der Waals surface area contributed by atoms with Gasteiger partial charge in [0.15, 0.2) is 0 Å². The number of benzene rings is 2. The number of imide groups is 1. The molecule has 0 aromatic heterocycles. The summed E-state index contributed by atoms with van der Waals surface area (Å²) < 4.78 is 34.0. The van der Waals surface area contributed by atoms with Gasteiger partial charge in [-0.15, -0.1) is 0 Å². The van der Waals surface area contributed by atoms with Gasteiger partial charge in [0, 0.05) is 36.6 Å². The van der Waals surface area contributed by atoms with Gasteiger partial charge >= 0.3 is 0 Å². The molecular formula is C33H35F2N3O4. The van der Waals surface area contributed by atoms with Crippen molar-refractivity contribution in [2.24, 2.45) is 5.41 Å². The predicted octanol–water partition coefficient (Wildman–Crippen LogP) is 4.38. The van der Waals surface area contributed by atoms with Gasteiger partial charge in [-0.05, 0) is 61.0 Å². The molecule has 0 saturated carbocycles. The Kier molecular flexibility index (Phi) is 7.81. The van der Waals surface area contributed by atoms with Crippen LogP contribution in [0.5, 0.6) is 0 Å². The number of nitrogens with one attached hydrogen (secondary N) is 1. The van der Waals surface area contributed by atoms with E-state index < -0.39 is 29.0 Å². The van der Waals surface area contributed by atoms with Crippen molar-refractivity contribution in [1.29, 1.82) is 0 Å². The van der Waals surface area contributed by atoms with E-state index in [2.05, 4.69) is 22.3 Å². The molecule has 220 valence electrons. The first-order valence-electron chi connectivity index (χ1n) is 14.6. The second kappa shape index (κ2) is 11.5. The number of carbonyl (C=O) groups is 3. The first kappa shape index (κ1) is 28.4. The Balaban J connectivity index is 1.06. The van der Waals surface area contributed by atoms with Crippen LogP contribution < -0.4 is 5.32 Å². The number of ether oxygens (including phenoxy) is 1. The maximum absolute atomic E-state index is 14.3. The number of hydrogen-bond acceptors (Lipinski definition) is 5. The molecule has 3 atom stereocenters. The summed E-state index contributed by atoms with van der Waals surface area (Å²) in [6.45, 7) is 5.14. The number of nitrogens with zero attached hydrogens (tertiary/aromatic N) is 2. The number of rotatable bonds is 7. The van der Waals surface area contributed by atoms with Crippen molar-refractivity contribution in [3.63, 3.8) is 0 Å². The summed E-state index contributed by atoms with van der Waals surface area (Å²) >= 11 is 0. The van der Waals surface area contributed by atoms with E-state index >= 15 is 0 Å². The monoisotopic (exact) mass is 575 g/mol. The summed E-state index contributed by atoms with van der Waals surface area (Å²) in [6.07, 6.45) is 7.44. The van der Waals surface area contributed by atoms with Crippen molar-refractivity contribution in [1.82, 2.24) is 15.1 Å². The third-order valence-corrected chi connectivity index (χ3v) is 9.19. The van der Waals surface area contributed by atoms with Crippen LogP contribution in [0, 0.1) is 17.0 Å². The molecule has 3 saturated heterocycles. The molecule has 4 aliphatic rings. The SMILES string of the molecule is CC12CN(C3CCC(=O)NC3=O)C(=O)C1=CC=CC2OCc1cccc(CN2CCC(c3ccc(F)cc3F)CC2)c1. The fourth-order valence-electron chi connectivity index (χ4n) is 6.85. The third-order valence-electron chi connectivity index (χ3n) is 9.19. The van der Waals surface area contributed by atoms with E-state index in [0.29, 0.717) is 30.7 Å². The lowest BCUT2D eigenvalue weighted by molar-refractivity contribution is -0.142. The van der Waals surface area contributed by atoms with Crippen molar-refractivity contribution >= 4 is 17.7 Å². The highest BCUT2D eigenvalue weighted by molar-refractivity contribution is 6.05. The molecule has 0 radical (unpaired) electrons. The topological polar surface area (TPSA) is 79.0 Å². The van der Waals surface area contributed by atoms with Crippen LogP contribution in [0.25, 0.3) is 0 Å². The highest BCUT2D eigenvalue weighted by Crippen LogP contribution is 2.45. The van der Waals surface area contributed by atoms with Crippen molar-refractivity contribution in [2.75, 3.05) is 19.6 Å². The van der Waals surface area contributed by atoms with Gasteiger partial charge in [0.05, 0.1) is 12.7 Å². The minimum atomic E-state index is -0.657. The number of halogens is 2. The Labute approximate surface area is 244 Å². The van der Waals surface area contributed by atoms with E-state index in [9.17, 15) is 23.2 Å². The number of hydrogen-bond donors (Lipinski definition) is 1. The van der Waals surface area contributed by atoms with Crippen LogP contribution in [0.2, 0.25) is 0 Å². The molecule has 0 spiro atoms. The van der Waals surface area contributed by atoms with Gasteiger partial charge in [0.2, 0.25) is 11.8 Å². The molecule has 3 aliphatic heterocycles. The zero-order valence-electron chi connectivity index (χ0n) is 23.7. The van der Waals surface area contributed by atoms with Gasteiger partial charge in [-0.3, -0.25) is 24.6 Å². The molecule has 2 aromatic rings. The lowest BCUT2D eigenvalue weighted by Crippen LogP contribution is -2.53. The van der Waals surface area contributed by atoms with Gasteiger partial charge in [-0.1, -0.05) is 55.5 Å². The quantitative estimate of drug-likeness (QED) is 0.496. The van der Waals surface area contributed by atoms with E-state index in [-0.39, 0.29) is 30.3 Å². The van der Waals surface area contributed by atoms with E-state index in [1.54, 1.807) is 11.0 Å². The molecular weight excluding hydrogens is 540 g/mol. The second-order valence-corrected chi connectivity index (χ2v) is 12.1. The zero-order valence-corrected chi connectivity index (χ0v) is 23.7. The Morgan fingerprint density at radius 2 is 1.81 bits per heavy atom. The van der Waals surface area contributed by atoms with Crippen LogP contribution in [-0.4, -0.2) is 59.3 Å². The van der Waals surface area contributed by atoms with Gasteiger partial charge in [-0.25, -0.2) is 8.78 Å². The average molecular weight is 576 g/mol. The highest BCUT2D eigenvalue weighted by Gasteiger charge is 2.53.